The van der Waals surface area contributed by atoms with E-state index in [9.17, 15) is 0 Å². The molecule has 0 heterocycles. The largest absolute Gasteiger partial charge is 1.00 e. The Kier molecular flexibility index (Phi) is 9.05. The molecular formula is C42H46Cl2Zr. The number of allylic oxidation sites excluding steroid dienone is 8. The van der Waals surface area contributed by atoms with Crippen molar-refractivity contribution in [2.45, 2.75) is 83.7 Å². The van der Waals surface area contributed by atoms with Crippen molar-refractivity contribution in [3.8, 4) is 11.1 Å². The minimum atomic E-state index is -2.57. The second-order valence-corrected chi connectivity index (χ2v) is 20.8. The van der Waals surface area contributed by atoms with Gasteiger partial charge in [-0.2, -0.15) is 0 Å². The van der Waals surface area contributed by atoms with Gasteiger partial charge in [-0.1, -0.05) is 0 Å². The molecule has 1 unspecified atom stereocenters. The van der Waals surface area contributed by atoms with Crippen molar-refractivity contribution in [3.63, 3.8) is 0 Å². The van der Waals surface area contributed by atoms with Crippen molar-refractivity contribution in [1.29, 1.82) is 0 Å². The predicted molar refractivity (Wildman–Crippen MR) is 183 cm³/mol. The van der Waals surface area contributed by atoms with Gasteiger partial charge in [0.15, 0.2) is 0 Å². The zero-order valence-electron chi connectivity index (χ0n) is 28.5. The number of hydrogen-bond donors (Lipinski definition) is 0. The van der Waals surface area contributed by atoms with Crippen LogP contribution in [0.25, 0.3) is 22.3 Å². The molecule has 232 valence electrons. The Morgan fingerprint density at radius 3 is 1.64 bits per heavy atom. The van der Waals surface area contributed by atoms with Crippen LogP contribution in [0.4, 0.5) is 0 Å². The van der Waals surface area contributed by atoms with Crippen LogP contribution < -0.4 is 24.8 Å². The number of hydrogen-bond acceptors (Lipinski definition) is 0. The first-order chi connectivity index (χ1) is 20.3. The van der Waals surface area contributed by atoms with Gasteiger partial charge in [-0.05, 0) is 0 Å². The molecule has 0 aromatic heterocycles. The molecule has 0 bridgehead atoms. The summed E-state index contributed by atoms with van der Waals surface area (Å²) in [7, 11) is 0. The Morgan fingerprint density at radius 2 is 1.20 bits per heavy atom. The average molecular weight is 713 g/mol. The molecule has 0 saturated heterocycles. The van der Waals surface area contributed by atoms with Crippen molar-refractivity contribution >= 4 is 14.9 Å². The zero-order valence-corrected chi connectivity index (χ0v) is 32.5. The molecule has 0 N–H and O–H groups in total. The number of fused-ring (bicyclic) bond motifs is 5. The van der Waals surface area contributed by atoms with Gasteiger partial charge in [0.2, 0.25) is 0 Å². The van der Waals surface area contributed by atoms with Crippen molar-refractivity contribution in [1.82, 2.24) is 0 Å². The molecule has 3 aromatic carbocycles. The maximum Gasteiger partial charge on any atom is -1.00 e. The van der Waals surface area contributed by atoms with Gasteiger partial charge >= 0.3 is 269 Å². The van der Waals surface area contributed by atoms with Crippen LogP contribution in [0.2, 0.25) is 0 Å². The maximum atomic E-state index is 2.79. The fraction of sp³-hybridized carbons (Fsp3) is 0.357. The average Bonchev–Trinajstić information content (AvgIpc) is 3.57. The number of benzene rings is 3. The predicted octanol–water partition coefficient (Wildman–Crippen LogP) is 5.13. The summed E-state index contributed by atoms with van der Waals surface area (Å²) in [5.74, 6) is 1.06. The van der Waals surface area contributed by atoms with Crippen LogP contribution in [0.1, 0.15) is 112 Å². The first kappa shape index (κ1) is 34.3. The molecule has 4 aliphatic rings. The van der Waals surface area contributed by atoms with Crippen molar-refractivity contribution in [3.05, 3.63) is 126 Å². The molecule has 0 fully saturated rings. The van der Waals surface area contributed by atoms with E-state index in [2.05, 4.69) is 146 Å². The molecule has 7 rings (SSSR count). The van der Waals surface area contributed by atoms with Gasteiger partial charge in [0, 0.05) is 0 Å². The molecule has 0 radical (unpaired) electrons. The summed E-state index contributed by atoms with van der Waals surface area (Å²) < 4.78 is 5.05. The van der Waals surface area contributed by atoms with Crippen LogP contribution >= 0.6 is 0 Å². The van der Waals surface area contributed by atoms with Crippen LogP contribution in [0.3, 0.4) is 0 Å². The fourth-order valence-electron chi connectivity index (χ4n) is 8.92. The van der Waals surface area contributed by atoms with Gasteiger partial charge in [-0.3, -0.25) is 0 Å². The Hall–Kier alpha value is -2.05. The molecule has 0 spiro atoms. The molecule has 45 heavy (non-hydrogen) atoms. The van der Waals surface area contributed by atoms with Gasteiger partial charge < -0.3 is 24.8 Å². The van der Waals surface area contributed by atoms with E-state index in [-0.39, 0.29) is 35.6 Å². The van der Waals surface area contributed by atoms with Crippen molar-refractivity contribution < 1.29 is 46.1 Å². The summed E-state index contributed by atoms with van der Waals surface area (Å²) in [5, 5.41) is 0. The fourth-order valence-corrected chi connectivity index (χ4v) is 17.6. The van der Waals surface area contributed by atoms with E-state index >= 15 is 0 Å². The zero-order chi connectivity index (χ0) is 30.6. The summed E-state index contributed by atoms with van der Waals surface area (Å²) in [6.45, 7) is 23.9. The minimum absolute atomic E-state index is 0. The number of rotatable bonds is 4. The van der Waals surface area contributed by atoms with Crippen LogP contribution in [0, 0.1) is 11.8 Å². The normalized spacial score (nSPS) is 20.2. The summed E-state index contributed by atoms with van der Waals surface area (Å²) >= 11 is -2.57. The molecule has 3 heteroatoms. The number of halogens is 2. The van der Waals surface area contributed by atoms with E-state index in [1.165, 1.54) is 50.1 Å². The third kappa shape index (κ3) is 5.34. The minimum Gasteiger partial charge on any atom is -1.00 e. The van der Waals surface area contributed by atoms with Gasteiger partial charge in [-0.15, -0.1) is 0 Å². The Balaban J connectivity index is 0.00000200. The van der Waals surface area contributed by atoms with Crippen molar-refractivity contribution in [2.24, 2.45) is 11.8 Å². The quantitative estimate of drug-likeness (QED) is 0.353. The molecule has 3 aromatic rings. The standard InChI is InChI=1S/C25H25.C10H15.C7H6.2ClH.Zr/c1-14-12-24(3,4)22-8-16-7-17-9-23-19(15(2)13-25(23,5)6)11-21(17)20(16)10-18(14)22;1-7(2)10-6-8(3)5-9(10)4;1-7-5-3-2-4-6-7;;;/h7-13H,1-6H3;6-8H,1-4H3;1-6H;2*1H;/q;;;;;+2/p-2. The maximum absolute atomic E-state index is 2.79. The first-order valence-corrected chi connectivity index (χ1v) is 20.3. The van der Waals surface area contributed by atoms with Gasteiger partial charge in [-0.25, -0.2) is 0 Å². The summed E-state index contributed by atoms with van der Waals surface area (Å²) in [6.07, 6.45) is 7.58. The molecule has 0 aliphatic heterocycles. The van der Waals surface area contributed by atoms with E-state index in [1.807, 2.05) is 0 Å². The first-order valence-electron chi connectivity index (χ1n) is 16.2. The van der Waals surface area contributed by atoms with E-state index in [0.717, 1.165) is 0 Å². The Morgan fingerprint density at radius 1 is 0.711 bits per heavy atom. The van der Waals surface area contributed by atoms with Gasteiger partial charge in [0.05, 0.1) is 0 Å². The van der Waals surface area contributed by atoms with E-state index < -0.39 is 21.3 Å². The Bertz CT molecular complexity index is 1790. The molecule has 4 aliphatic carbocycles. The molecule has 0 saturated carbocycles. The van der Waals surface area contributed by atoms with Crippen LogP contribution in [-0.4, -0.2) is 3.71 Å². The molecule has 0 nitrogen and oxygen atoms in total. The van der Waals surface area contributed by atoms with Crippen LogP contribution in [0.15, 0.2) is 87.3 Å². The SMILES string of the molecule is CC1=CC(C)(C)c2cc3c(cc21)-c1cc2c(cc1[CH]3/[Zr+2](=[CH]/c1ccccc1)[C]1=C(C)C(C(C)C)=CC1C)C(C)(C)C=C2C.[Cl-].[Cl-]. The second kappa shape index (κ2) is 11.9. The molecule has 1 atom stereocenters. The van der Waals surface area contributed by atoms with Crippen LogP contribution in [-0.2, 0) is 32.1 Å². The Labute approximate surface area is 291 Å². The van der Waals surface area contributed by atoms with E-state index in [1.54, 1.807) is 25.6 Å². The molecular weight excluding hydrogens is 667 g/mol. The van der Waals surface area contributed by atoms with E-state index in [4.69, 9.17) is 0 Å². The van der Waals surface area contributed by atoms with Crippen LogP contribution in [0.5, 0.6) is 0 Å². The summed E-state index contributed by atoms with van der Waals surface area (Å²) in [4.78, 5) is 0. The van der Waals surface area contributed by atoms with E-state index in [0.29, 0.717) is 15.5 Å². The molecule has 0 amide bonds. The monoisotopic (exact) mass is 710 g/mol. The van der Waals surface area contributed by atoms with Crippen molar-refractivity contribution in [2.75, 3.05) is 0 Å². The van der Waals surface area contributed by atoms with Gasteiger partial charge in [0.1, 0.15) is 0 Å². The van der Waals surface area contributed by atoms with Gasteiger partial charge in [0.25, 0.3) is 0 Å². The third-order valence-electron chi connectivity index (χ3n) is 10.8. The second-order valence-electron chi connectivity index (χ2n) is 15.1. The third-order valence-corrected chi connectivity index (χ3v) is 19.0. The summed E-state index contributed by atoms with van der Waals surface area (Å²) in [5.41, 5.74) is 19.6. The summed E-state index contributed by atoms with van der Waals surface area (Å²) in [6, 6.07) is 21.7. The smallest absolute Gasteiger partial charge is 1.00 e. The topological polar surface area (TPSA) is 0 Å².